The molecule has 0 heterocycles. The first-order valence-electron chi connectivity index (χ1n) is 8.19. The van der Waals surface area contributed by atoms with E-state index in [1.54, 1.807) is 45.2 Å². The molecule has 2 rings (SSSR count). The highest BCUT2D eigenvalue weighted by atomic mass is 32.2. The highest BCUT2D eigenvalue weighted by Gasteiger charge is 2.29. The van der Waals surface area contributed by atoms with Crippen LogP contribution in [-0.2, 0) is 15.0 Å². The molecule has 0 saturated carbocycles. The van der Waals surface area contributed by atoms with Gasteiger partial charge in [0.05, 0.1) is 17.8 Å². The quantitative estimate of drug-likeness (QED) is 0.712. The fourth-order valence-electron chi connectivity index (χ4n) is 2.25. The number of hydrogen-bond donors (Lipinski definition) is 2. The molecule has 0 spiro atoms. The van der Waals surface area contributed by atoms with Crippen LogP contribution in [0.15, 0.2) is 53.4 Å². The van der Waals surface area contributed by atoms with Crippen molar-refractivity contribution in [1.29, 1.82) is 0 Å². The van der Waals surface area contributed by atoms with E-state index in [1.165, 1.54) is 11.8 Å². The predicted molar refractivity (Wildman–Crippen MR) is 104 cm³/mol. The number of carbonyl (C=O) groups is 2. The van der Waals surface area contributed by atoms with Crippen molar-refractivity contribution in [2.45, 2.75) is 36.3 Å². The SMILES string of the molecule is COc1ccc(SC(C)C(=O)Nc2ccc(C(C)(C)C(=O)O)cc2)cc1. The summed E-state index contributed by atoms with van der Waals surface area (Å²) in [5, 5.41) is 11.9. The van der Waals surface area contributed by atoms with Crippen LogP contribution in [0.5, 0.6) is 5.75 Å². The van der Waals surface area contributed by atoms with Crippen molar-refractivity contribution in [1.82, 2.24) is 0 Å². The van der Waals surface area contributed by atoms with Crippen LogP contribution >= 0.6 is 11.8 Å². The Hall–Kier alpha value is -2.47. The van der Waals surface area contributed by atoms with Crippen molar-refractivity contribution < 1.29 is 19.4 Å². The van der Waals surface area contributed by atoms with Crippen molar-refractivity contribution in [2.24, 2.45) is 0 Å². The van der Waals surface area contributed by atoms with E-state index in [2.05, 4.69) is 5.32 Å². The van der Waals surface area contributed by atoms with Gasteiger partial charge in [0.25, 0.3) is 0 Å². The van der Waals surface area contributed by atoms with Crippen LogP contribution in [0.3, 0.4) is 0 Å². The molecule has 0 aromatic heterocycles. The topological polar surface area (TPSA) is 75.6 Å². The summed E-state index contributed by atoms with van der Waals surface area (Å²) in [6, 6.07) is 14.4. The van der Waals surface area contributed by atoms with Crippen LogP contribution in [0, 0.1) is 0 Å². The lowest BCUT2D eigenvalue weighted by molar-refractivity contribution is -0.142. The van der Waals surface area contributed by atoms with E-state index in [1.807, 2.05) is 31.2 Å². The van der Waals surface area contributed by atoms with Crippen molar-refractivity contribution >= 4 is 29.3 Å². The second-order valence-electron chi connectivity index (χ2n) is 6.43. The van der Waals surface area contributed by atoms with E-state index in [-0.39, 0.29) is 11.2 Å². The number of hydrogen-bond acceptors (Lipinski definition) is 4. The van der Waals surface area contributed by atoms with Gasteiger partial charge < -0.3 is 15.2 Å². The number of methoxy groups -OCH3 is 1. The zero-order valence-electron chi connectivity index (χ0n) is 15.3. The van der Waals surface area contributed by atoms with E-state index < -0.39 is 11.4 Å². The minimum Gasteiger partial charge on any atom is -0.497 e. The van der Waals surface area contributed by atoms with E-state index in [4.69, 9.17) is 4.74 Å². The molecule has 1 unspecified atom stereocenters. The van der Waals surface area contributed by atoms with Gasteiger partial charge in [-0.3, -0.25) is 9.59 Å². The number of nitrogens with one attached hydrogen (secondary N) is 1. The third-order valence-corrected chi connectivity index (χ3v) is 5.26. The first kappa shape index (κ1) is 19.8. The van der Waals surface area contributed by atoms with E-state index >= 15 is 0 Å². The molecular formula is C20H23NO4S. The van der Waals surface area contributed by atoms with Gasteiger partial charge >= 0.3 is 5.97 Å². The maximum absolute atomic E-state index is 12.4. The van der Waals surface area contributed by atoms with Crippen LogP contribution in [0.25, 0.3) is 0 Å². The summed E-state index contributed by atoms with van der Waals surface area (Å²) in [5.74, 6) is -0.231. The lowest BCUT2D eigenvalue weighted by Gasteiger charge is -2.20. The molecule has 0 saturated heterocycles. The number of anilines is 1. The molecule has 5 nitrogen and oxygen atoms in total. The smallest absolute Gasteiger partial charge is 0.313 e. The van der Waals surface area contributed by atoms with E-state index in [0.717, 1.165) is 10.6 Å². The normalized spacial score (nSPS) is 12.3. The molecule has 6 heteroatoms. The Morgan fingerprint density at radius 1 is 1.08 bits per heavy atom. The molecule has 0 bridgehead atoms. The highest BCUT2D eigenvalue weighted by Crippen LogP contribution is 2.27. The number of carboxylic acid groups (broad SMARTS) is 1. The first-order valence-corrected chi connectivity index (χ1v) is 9.07. The third kappa shape index (κ3) is 4.79. The fourth-order valence-corrected chi connectivity index (χ4v) is 3.12. The Morgan fingerprint density at radius 2 is 1.65 bits per heavy atom. The molecule has 2 aromatic rings. The van der Waals surface area contributed by atoms with Gasteiger partial charge in [0, 0.05) is 10.6 Å². The fraction of sp³-hybridized carbons (Fsp3) is 0.300. The van der Waals surface area contributed by atoms with Crippen LogP contribution < -0.4 is 10.1 Å². The summed E-state index contributed by atoms with van der Waals surface area (Å²) >= 11 is 1.46. The first-order chi connectivity index (χ1) is 12.2. The van der Waals surface area contributed by atoms with Gasteiger partial charge in [-0.25, -0.2) is 0 Å². The number of ether oxygens (including phenoxy) is 1. The molecule has 2 N–H and O–H groups in total. The summed E-state index contributed by atoms with van der Waals surface area (Å²) in [4.78, 5) is 24.7. The maximum Gasteiger partial charge on any atom is 0.313 e. The molecule has 0 radical (unpaired) electrons. The maximum atomic E-state index is 12.4. The monoisotopic (exact) mass is 373 g/mol. The van der Waals surface area contributed by atoms with Crippen LogP contribution in [-0.4, -0.2) is 29.3 Å². The van der Waals surface area contributed by atoms with Crippen LogP contribution in [0.1, 0.15) is 26.3 Å². The summed E-state index contributed by atoms with van der Waals surface area (Å²) in [7, 11) is 1.61. The van der Waals surface area contributed by atoms with Crippen LogP contribution in [0.4, 0.5) is 5.69 Å². The summed E-state index contributed by atoms with van der Waals surface area (Å²) in [6.07, 6.45) is 0. The average Bonchev–Trinajstić information content (AvgIpc) is 2.62. The minimum atomic E-state index is -0.972. The highest BCUT2D eigenvalue weighted by molar-refractivity contribution is 8.00. The van der Waals surface area contributed by atoms with Gasteiger partial charge in [-0.15, -0.1) is 11.8 Å². The molecule has 1 amide bonds. The Bertz CT molecular complexity index is 769. The number of rotatable bonds is 7. The molecular weight excluding hydrogens is 350 g/mol. The number of aliphatic carboxylic acids is 1. The number of thioether (sulfide) groups is 1. The lowest BCUT2D eigenvalue weighted by atomic mass is 9.85. The van der Waals surface area contributed by atoms with Crippen molar-refractivity contribution in [3.8, 4) is 5.75 Å². The van der Waals surface area contributed by atoms with Gasteiger partial charge in [0.2, 0.25) is 5.91 Å². The van der Waals surface area contributed by atoms with Gasteiger partial charge in [-0.2, -0.15) is 0 Å². The van der Waals surface area contributed by atoms with Gasteiger partial charge in [0.1, 0.15) is 5.75 Å². The Kier molecular flexibility index (Phi) is 6.32. The van der Waals surface area contributed by atoms with Gasteiger partial charge in [-0.1, -0.05) is 12.1 Å². The Morgan fingerprint density at radius 3 is 2.15 bits per heavy atom. The number of benzene rings is 2. The summed E-state index contributed by atoms with van der Waals surface area (Å²) < 4.78 is 5.12. The molecule has 0 aliphatic rings. The molecule has 2 aromatic carbocycles. The Labute approximate surface area is 157 Å². The summed E-state index contributed by atoms with van der Waals surface area (Å²) in [5.41, 5.74) is 0.353. The molecule has 0 fully saturated rings. The van der Waals surface area contributed by atoms with Gasteiger partial charge in [-0.05, 0) is 62.7 Å². The van der Waals surface area contributed by atoms with Crippen molar-refractivity contribution in [3.63, 3.8) is 0 Å². The number of carboxylic acids is 1. The number of amides is 1. The second-order valence-corrected chi connectivity index (χ2v) is 7.85. The predicted octanol–water partition coefficient (Wildman–Crippen LogP) is 4.18. The van der Waals surface area contributed by atoms with E-state index in [9.17, 15) is 14.7 Å². The molecule has 1 atom stereocenters. The minimum absolute atomic E-state index is 0.115. The average molecular weight is 373 g/mol. The number of carbonyl (C=O) groups excluding carboxylic acids is 1. The standard InChI is InChI=1S/C20H23NO4S/c1-13(26-17-11-9-16(25-4)10-12-17)18(22)21-15-7-5-14(6-8-15)20(2,3)19(23)24/h5-13H,1-4H3,(H,21,22)(H,23,24). The van der Waals surface area contributed by atoms with Gasteiger partial charge in [0.15, 0.2) is 0 Å². The molecule has 0 aliphatic carbocycles. The van der Waals surface area contributed by atoms with Crippen molar-refractivity contribution in [3.05, 3.63) is 54.1 Å². The third-order valence-electron chi connectivity index (χ3n) is 4.15. The zero-order valence-corrected chi connectivity index (χ0v) is 16.1. The summed E-state index contributed by atoms with van der Waals surface area (Å²) in [6.45, 7) is 5.14. The largest absolute Gasteiger partial charge is 0.497 e. The Balaban J connectivity index is 1.98. The lowest BCUT2D eigenvalue weighted by Crippen LogP contribution is -2.28. The van der Waals surface area contributed by atoms with Crippen molar-refractivity contribution in [2.75, 3.05) is 12.4 Å². The zero-order chi connectivity index (χ0) is 19.3. The second kappa shape index (κ2) is 8.27. The molecule has 138 valence electrons. The molecule has 26 heavy (non-hydrogen) atoms. The molecule has 0 aliphatic heterocycles. The van der Waals surface area contributed by atoms with Crippen LogP contribution in [0.2, 0.25) is 0 Å². The van der Waals surface area contributed by atoms with E-state index in [0.29, 0.717) is 11.3 Å².